The highest BCUT2D eigenvalue weighted by atomic mass is 32.2. The molecule has 2 amide bonds. The van der Waals surface area contributed by atoms with Gasteiger partial charge in [-0.2, -0.15) is 0 Å². The number of carbonyl (C=O) groups is 3. The molecule has 1 aliphatic rings. The van der Waals surface area contributed by atoms with Gasteiger partial charge in [0.1, 0.15) is 6.04 Å². The van der Waals surface area contributed by atoms with Crippen LogP contribution in [0.1, 0.15) is 18.1 Å². The van der Waals surface area contributed by atoms with Gasteiger partial charge in [-0.25, -0.2) is 4.79 Å². The first kappa shape index (κ1) is 17.7. The number of carbonyl (C=O) groups excluding carboxylic acids is 3. The van der Waals surface area contributed by atoms with Gasteiger partial charge >= 0.3 is 5.97 Å². The Morgan fingerprint density at radius 3 is 2.67 bits per heavy atom. The van der Waals surface area contributed by atoms with Crippen molar-refractivity contribution in [2.75, 3.05) is 7.11 Å². The molecule has 0 bridgehead atoms. The van der Waals surface area contributed by atoms with Gasteiger partial charge < -0.3 is 4.74 Å². The molecule has 1 aliphatic heterocycles. The van der Waals surface area contributed by atoms with Crippen LogP contribution in [0, 0.1) is 17.0 Å². The molecule has 1 heterocycles. The Morgan fingerprint density at radius 1 is 1.42 bits per heavy atom. The van der Waals surface area contributed by atoms with Crippen LogP contribution in [0.3, 0.4) is 0 Å². The monoisotopic (exact) mass is 350 g/mol. The second-order valence-electron chi connectivity index (χ2n) is 5.05. The molecule has 1 fully saturated rings. The zero-order chi connectivity index (χ0) is 18.0. The molecule has 8 nitrogen and oxygen atoms in total. The Morgan fingerprint density at radius 2 is 2.08 bits per heavy atom. The number of hydrogen-bond donors (Lipinski definition) is 0. The molecular weight excluding hydrogens is 336 g/mol. The molecule has 2 rings (SSSR count). The molecule has 0 radical (unpaired) electrons. The lowest BCUT2D eigenvalue weighted by atomic mass is 10.1. The molecule has 0 aliphatic carbocycles. The molecule has 1 saturated heterocycles. The van der Waals surface area contributed by atoms with Crippen molar-refractivity contribution in [1.29, 1.82) is 0 Å². The molecular formula is C15H14N2O6S. The van der Waals surface area contributed by atoms with E-state index in [1.807, 2.05) is 0 Å². The van der Waals surface area contributed by atoms with Gasteiger partial charge in [0.2, 0.25) is 0 Å². The van der Waals surface area contributed by atoms with E-state index >= 15 is 0 Å². The molecule has 9 heteroatoms. The molecule has 0 aromatic heterocycles. The predicted octanol–water partition coefficient (Wildman–Crippen LogP) is 2.50. The summed E-state index contributed by atoms with van der Waals surface area (Å²) >= 11 is 0.672. The van der Waals surface area contributed by atoms with Gasteiger partial charge in [0.15, 0.2) is 0 Å². The van der Waals surface area contributed by atoms with Crippen LogP contribution in [0.5, 0.6) is 0 Å². The number of benzene rings is 1. The largest absolute Gasteiger partial charge is 0.467 e. The summed E-state index contributed by atoms with van der Waals surface area (Å²) < 4.78 is 4.54. The van der Waals surface area contributed by atoms with Crippen molar-refractivity contribution in [2.24, 2.45) is 0 Å². The van der Waals surface area contributed by atoms with Crippen molar-refractivity contribution in [3.63, 3.8) is 0 Å². The minimum Gasteiger partial charge on any atom is -0.467 e. The van der Waals surface area contributed by atoms with Crippen LogP contribution >= 0.6 is 11.8 Å². The first-order valence-corrected chi connectivity index (χ1v) is 7.68. The summed E-state index contributed by atoms with van der Waals surface area (Å²) in [4.78, 5) is 47.2. The Labute approximate surface area is 141 Å². The van der Waals surface area contributed by atoms with Crippen LogP contribution in [-0.2, 0) is 14.3 Å². The smallest absolute Gasteiger partial charge is 0.328 e. The summed E-state index contributed by atoms with van der Waals surface area (Å²) in [5.74, 6) is -1.34. The number of nitro groups is 1. The van der Waals surface area contributed by atoms with Crippen LogP contribution in [0.15, 0.2) is 23.1 Å². The Bertz CT molecular complexity index is 773. The summed E-state index contributed by atoms with van der Waals surface area (Å²) in [6.45, 7) is 3.00. The lowest BCUT2D eigenvalue weighted by Gasteiger charge is -2.18. The van der Waals surface area contributed by atoms with E-state index in [1.54, 1.807) is 19.1 Å². The molecule has 126 valence electrons. The minimum absolute atomic E-state index is 0.0779. The SMILES string of the molecule is COC(=O)[C@H](C)N1C(=O)S/C(=C/c2ccc(C)c([N+](=O)[O-])c2)C1=O. The number of esters is 1. The van der Waals surface area contributed by atoms with E-state index < -0.39 is 28.1 Å². The van der Waals surface area contributed by atoms with Crippen LogP contribution in [-0.4, -0.2) is 40.1 Å². The summed E-state index contributed by atoms with van der Waals surface area (Å²) in [5, 5.41) is 10.4. The van der Waals surface area contributed by atoms with Crippen LogP contribution < -0.4 is 0 Å². The van der Waals surface area contributed by atoms with Crippen LogP contribution in [0.25, 0.3) is 6.08 Å². The van der Waals surface area contributed by atoms with Gasteiger partial charge in [-0.3, -0.25) is 24.6 Å². The molecule has 0 spiro atoms. The first-order chi connectivity index (χ1) is 11.3. The van der Waals surface area contributed by atoms with Gasteiger partial charge in [-0.1, -0.05) is 12.1 Å². The van der Waals surface area contributed by atoms with Gasteiger partial charge in [-0.05, 0) is 37.2 Å². The van der Waals surface area contributed by atoms with Gasteiger partial charge in [0.25, 0.3) is 16.8 Å². The second-order valence-corrected chi connectivity index (χ2v) is 6.05. The van der Waals surface area contributed by atoms with E-state index in [0.717, 1.165) is 4.90 Å². The topological polar surface area (TPSA) is 107 Å². The Kier molecular flexibility index (Phi) is 5.03. The average molecular weight is 350 g/mol. The Hall–Kier alpha value is -2.68. The number of nitro benzene ring substituents is 1. The molecule has 0 unspecified atom stereocenters. The fourth-order valence-corrected chi connectivity index (χ4v) is 3.06. The van der Waals surface area contributed by atoms with Crippen molar-refractivity contribution in [3.05, 3.63) is 44.3 Å². The van der Waals surface area contributed by atoms with E-state index in [4.69, 9.17) is 0 Å². The lowest BCUT2D eigenvalue weighted by molar-refractivity contribution is -0.385. The second kappa shape index (κ2) is 6.83. The van der Waals surface area contributed by atoms with E-state index in [1.165, 1.54) is 26.2 Å². The van der Waals surface area contributed by atoms with E-state index in [2.05, 4.69) is 4.74 Å². The number of ether oxygens (including phenoxy) is 1. The summed E-state index contributed by atoms with van der Waals surface area (Å²) in [6.07, 6.45) is 1.39. The van der Waals surface area contributed by atoms with Crippen molar-refractivity contribution >= 4 is 40.6 Å². The third kappa shape index (κ3) is 3.30. The van der Waals surface area contributed by atoms with Gasteiger partial charge in [-0.15, -0.1) is 0 Å². The van der Waals surface area contributed by atoms with Crippen molar-refractivity contribution in [2.45, 2.75) is 19.9 Å². The van der Waals surface area contributed by atoms with E-state index in [-0.39, 0.29) is 10.6 Å². The molecule has 24 heavy (non-hydrogen) atoms. The number of nitrogens with zero attached hydrogens (tertiary/aromatic N) is 2. The summed E-state index contributed by atoms with van der Waals surface area (Å²) in [5.41, 5.74) is 0.832. The van der Waals surface area contributed by atoms with Crippen molar-refractivity contribution in [3.8, 4) is 0 Å². The zero-order valence-corrected chi connectivity index (χ0v) is 14.0. The molecule has 1 aromatic carbocycles. The maximum Gasteiger partial charge on any atom is 0.328 e. The van der Waals surface area contributed by atoms with Crippen molar-refractivity contribution in [1.82, 2.24) is 4.90 Å². The van der Waals surface area contributed by atoms with Gasteiger partial charge in [0.05, 0.1) is 16.9 Å². The number of imide groups is 1. The maximum atomic E-state index is 12.3. The number of amides is 2. The fourth-order valence-electron chi connectivity index (χ4n) is 2.15. The van der Waals surface area contributed by atoms with Gasteiger partial charge in [0, 0.05) is 11.6 Å². The molecule has 0 saturated carbocycles. The third-order valence-corrected chi connectivity index (χ3v) is 4.36. The lowest BCUT2D eigenvalue weighted by Crippen LogP contribution is -2.42. The van der Waals surface area contributed by atoms with Crippen molar-refractivity contribution < 1.29 is 24.0 Å². The normalized spacial score (nSPS) is 17.3. The fraction of sp³-hybridized carbons (Fsp3) is 0.267. The van der Waals surface area contributed by atoms with E-state index in [0.29, 0.717) is 22.9 Å². The molecule has 0 N–H and O–H groups in total. The third-order valence-electron chi connectivity index (χ3n) is 3.48. The number of rotatable bonds is 4. The number of thioether (sulfide) groups is 1. The summed E-state index contributed by atoms with van der Waals surface area (Å²) in [7, 11) is 1.17. The molecule has 1 atom stereocenters. The highest BCUT2D eigenvalue weighted by Gasteiger charge is 2.41. The minimum atomic E-state index is -1.04. The highest BCUT2D eigenvalue weighted by molar-refractivity contribution is 8.18. The zero-order valence-electron chi connectivity index (χ0n) is 13.1. The summed E-state index contributed by atoms with van der Waals surface area (Å²) in [6, 6.07) is 3.46. The first-order valence-electron chi connectivity index (χ1n) is 6.86. The van der Waals surface area contributed by atoms with E-state index in [9.17, 15) is 24.5 Å². The van der Waals surface area contributed by atoms with Crippen LogP contribution in [0.2, 0.25) is 0 Å². The molecule has 1 aromatic rings. The average Bonchev–Trinajstić information content (AvgIpc) is 2.81. The van der Waals surface area contributed by atoms with Crippen LogP contribution in [0.4, 0.5) is 10.5 Å². The predicted molar refractivity (Wildman–Crippen MR) is 87.1 cm³/mol. The quantitative estimate of drug-likeness (QED) is 0.355. The number of aryl methyl sites for hydroxylation is 1. The highest BCUT2D eigenvalue weighted by Crippen LogP contribution is 2.34. The Balaban J connectivity index is 2.34. The maximum absolute atomic E-state index is 12.3. The number of methoxy groups -OCH3 is 1. The number of hydrogen-bond acceptors (Lipinski definition) is 7. The standard InChI is InChI=1S/C15H14N2O6S/c1-8-4-5-10(6-11(8)17(21)22)7-12-13(18)16(15(20)24-12)9(2)14(19)23-3/h4-7,9H,1-3H3/b12-7+/t9-/m0/s1.